The van der Waals surface area contributed by atoms with Crippen molar-refractivity contribution in [3.63, 3.8) is 0 Å². The van der Waals surface area contributed by atoms with Crippen molar-refractivity contribution in [2.24, 2.45) is 0 Å². The fourth-order valence-electron chi connectivity index (χ4n) is 1.71. The molecule has 0 radical (unpaired) electrons. The summed E-state index contributed by atoms with van der Waals surface area (Å²) in [5.41, 5.74) is 1.99. The highest BCUT2D eigenvalue weighted by molar-refractivity contribution is 7.99. The number of pyridine rings is 1. The summed E-state index contributed by atoms with van der Waals surface area (Å²) in [5.74, 6) is 0.969. The van der Waals surface area contributed by atoms with Crippen molar-refractivity contribution in [3.05, 3.63) is 66.1 Å². The van der Waals surface area contributed by atoms with Crippen LogP contribution in [0.2, 0.25) is 0 Å². The van der Waals surface area contributed by atoms with Crippen molar-refractivity contribution in [1.29, 1.82) is 10.5 Å². The van der Waals surface area contributed by atoms with Crippen LogP contribution in [-0.4, -0.2) is 10.7 Å². The predicted octanol–water partition coefficient (Wildman–Crippen LogP) is 3.76. The molecule has 1 N–H and O–H groups in total. The van der Waals surface area contributed by atoms with Gasteiger partial charge in [-0.3, -0.25) is 4.98 Å². The standard InChI is InChI=1S/C17H14N4S/c18-11-14(12-19)13-21-16-4-6-17(7-5-16)22-10-8-15-3-1-2-9-20-15/h1-7,9,13,21H,8,10H2. The molecule has 0 saturated carbocycles. The smallest absolute Gasteiger partial charge is 0.145 e. The number of nitrogens with zero attached hydrogens (tertiary/aromatic N) is 3. The summed E-state index contributed by atoms with van der Waals surface area (Å²) in [7, 11) is 0. The van der Waals surface area contributed by atoms with E-state index in [1.54, 1.807) is 23.9 Å². The van der Waals surface area contributed by atoms with Crippen LogP contribution in [0.25, 0.3) is 0 Å². The van der Waals surface area contributed by atoms with Gasteiger partial charge in [0, 0.05) is 34.4 Å². The number of rotatable bonds is 6. The van der Waals surface area contributed by atoms with E-state index in [0.717, 1.165) is 23.6 Å². The van der Waals surface area contributed by atoms with Crippen molar-refractivity contribution in [2.45, 2.75) is 11.3 Å². The van der Waals surface area contributed by atoms with Crippen LogP contribution in [0.15, 0.2) is 65.3 Å². The molecular weight excluding hydrogens is 292 g/mol. The maximum absolute atomic E-state index is 8.65. The highest BCUT2D eigenvalue weighted by atomic mass is 32.2. The van der Waals surface area contributed by atoms with Gasteiger partial charge in [-0.05, 0) is 42.8 Å². The van der Waals surface area contributed by atoms with E-state index < -0.39 is 0 Å². The van der Waals surface area contributed by atoms with Gasteiger partial charge in [0.2, 0.25) is 0 Å². The van der Waals surface area contributed by atoms with Gasteiger partial charge in [-0.2, -0.15) is 10.5 Å². The fourth-order valence-corrected chi connectivity index (χ4v) is 2.59. The summed E-state index contributed by atoms with van der Waals surface area (Å²) in [5, 5.41) is 20.2. The summed E-state index contributed by atoms with van der Waals surface area (Å²) in [4.78, 5) is 5.47. The van der Waals surface area contributed by atoms with Crippen LogP contribution in [0.4, 0.5) is 5.69 Å². The second-order valence-corrected chi connectivity index (χ2v) is 5.54. The average molecular weight is 306 g/mol. The molecule has 5 heteroatoms. The first-order valence-corrected chi connectivity index (χ1v) is 7.70. The van der Waals surface area contributed by atoms with E-state index in [4.69, 9.17) is 10.5 Å². The molecule has 0 fully saturated rings. The molecule has 0 spiro atoms. The largest absolute Gasteiger partial charge is 0.360 e. The first kappa shape index (κ1) is 15.6. The third-order valence-electron chi connectivity index (χ3n) is 2.83. The van der Waals surface area contributed by atoms with Gasteiger partial charge >= 0.3 is 0 Å². The Hall–Kier alpha value is -2.76. The number of nitrogens with one attached hydrogen (secondary N) is 1. The Labute approximate surface area is 134 Å². The maximum atomic E-state index is 8.65. The van der Waals surface area contributed by atoms with Gasteiger partial charge in [0.25, 0.3) is 0 Å². The minimum atomic E-state index is 0.0498. The molecule has 2 aromatic rings. The van der Waals surface area contributed by atoms with E-state index >= 15 is 0 Å². The molecule has 0 saturated heterocycles. The fraction of sp³-hybridized carbons (Fsp3) is 0.118. The van der Waals surface area contributed by atoms with E-state index in [1.807, 2.05) is 48.7 Å². The van der Waals surface area contributed by atoms with Gasteiger partial charge < -0.3 is 5.32 Å². The van der Waals surface area contributed by atoms with Crippen LogP contribution >= 0.6 is 11.8 Å². The molecule has 0 amide bonds. The Balaban J connectivity index is 1.83. The van der Waals surface area contributed by atoms with Gasteiger partial charge in [-0.25, -0.2) is 0 Å². The van der Waals surface area contributed by atoms with Crippen LogP contribution < -0.4 is 5.32 Å². The zero-order valence-electron chi connectivity index (χ0n) is 11.9. The summed E-state index contributed by atoms with van der Waals surface area (Å²) in [6, 6.07) is 17.4. The molecule has 0 atom stereocenters. The van der Waals surface area contributed by atoms with E-state index in [0.29, 0.717) is 0 Å². The lowest BCUT2D eigenvalue weighted by Gasteiger charge is -2.04. The van der Waals surface area contributed by atoms with E-state index in [9.17, 15) is 0 Å². The Morgan fingerprint density at radius 2 is 1.91 bits per heavy atom. The van der Waals surface area contributed by atoms with Crippen molar-refractivity contribution in [2.75, 3.05) is 11.1 Å². The lowest BCUT2D eigenvalue weighted by molar-refractivity contribution is 1.05. The van der Waals surface area contributed by atoms with Crippen LogP contribution in [0.1, 0.15) is 5.69 Å². The number of thioether (sulfide) groups is 1. The monoisotopic (exact) mass is 306 g/mol. The Bertz CT molecular complexity index is 693. The highest BCUT2D eigenvalue weighted by Crippen LogP contribution is 2.21. The zero-order chi connectivity index (χ0) is 15.6. The van der Waals surface area contributed by atoms with Crippen molar-refractivity contribution in [1.82, 2.24) is 4.98 Å². The second-order valence-electron chi connectivity index (χ2n) is 4.37. The topological polar surface area (TPSA) is 72.5 Å². The van der Waals surface area contributed by atoms with Gasteiger partial charge in [0.15, 0.2) is 0 Å². The number of hydrogen-bond acceptors (Lipinski definition) is 5. The molecule has 1 heterocycles. The molecule has 22 heavy (non-hydrogen) atoms. The lowest BCUT2D eigenvalue weighted by atomic mass is 10.3. The second kappa shape index (κ2) is 8.51. The number of aryl methyl sites for hydroxylation is 1. The molecule has 108 valence electrons. The molecule has 0 aliphatic rings. The number of aromatic nitrogens is 1. The quantitative estimate of drug-likeness (QED) is 0.650. The normalized spacial score (nSPS) is 9.36. The number of anilines is 1. The van der Waals surface area contributed by atoms with Crippen molar-refractivity contribution in [3.8, 4) is 12.1 Å². The van der Waals surface area contributed by atoms with E-state index in [-0.39, 0.29) is 5.57 Å². The van der Waals surface area contributed by atoms with E-state index in [2.05, 4.69) is 10.3 Å². The molecule has 4 nitrogen and oxygen atoms in total. The minimum absolute atomic E-state index is 0.0498. The zero-order valence-corrected chi connectivity index (χ0v) is 12.7. The minimum Gasteiger partial charge on any atom is -0.360 e. The summed E-state index contributed by atoms with van der Waals surface area (Å²) >= 11 is 1.77. The van der Waals surface area contributed by atoms with Crippen LogP contribution in [0.5, 0.6) is 0 Å². The molecule has 2 rings (SSSR count). The van der Waals surface area contributed by atoms with Gasteiger partial charge in [0.1, 0.15) is 17.7 Å². The van der Waals surface area contributed by atoms with Gasteiger partial charge in [-0.1, -0.05) is 6.07 Å². The SMILES string of the molecule is N#CC(C#N)=CNc1ccc(SCCc2ccccn2)cc1. The summed E-state index contributed by atoms with van der Waals surface area (Å²) in [6.45, 7) is 0. The Morgan fingerprint density at radius 1 is 1.14 bits per heavy atom. The van der Waals surface area contributed by atoms with Crippen molar-refractivity contribution >= 4 is 17.4 Å². The number of nitriles is 2. The number of benzene rings is 1. The Kier molecular flexibility index (Phi) is 6.04. The molecule has 0 bridgehead atoms. The first-order chi connectivity index (χ1) is 10.8. The molecule has 0 aliphatic carbocycles. The molecule has 0 unspecified atom stereocenters. The molecule has 0 aliphatic heterocycles. The van der Waals surface area contributed by atoms with Crippen molar-refractivity contribution < 1.29 is 0 Å². The van der Waals surface area contributed by atoms with Crippen LogP contribution in [-0.2, 0) is 6.42 Å². The van der Waals surface area contributed by atoms with Crippen LogP contribution in [0.3, 0.4) is 0 Å². The van der Waals surface area contributed by atoms with Gasteiger partial charge in [0.05, 0.1) is 0 Å². The summed E-state index contributed by atoms with van der Waals surface area (Å²) < 4.78 is 0. The highest BCUT2D eigenvalue weighted by Gasteiger charge is 1.98. The molecular formula is C17H14N4S. The summed E-state index contributed by atoms with van der Waals surface area (Å²) in [6.07, 6.45) is 4.15. The first-order valence-electron chi connectivity index (χ1n) is 6.71. The third-order valence-corrected chi connectivity index (χ3v) is 3.85. The lowest BCUT2D eigenvalue weighted by Crippen LogP contribution is -1.92. The number of hydrogen-bond donors (Lipinski definition) is 1. The molecule has 1 aromatic heterocycles. The molecule has 1 aromatic carbocycles. The maximum Gasteiger partial charge on any atom is 0.145 e. The number of allylic oxidation sites excluding steroid dienone is 1. The van der Waals surface area contributed by atoms with E-state index in [1.165, 1.54) is 11.1 Å². The average Bonchev–Trinajstić information content (AvgIpc) is 2.58. The third kappa shape index (κ3) is 4.97. The van der Waals surface area contributed by atoms with Gasteiger partial charge in [-0.15, -0.1) is 11.8 Å². The Morgan fingerprint density at radius 3 is 2.55 bits per heavy atom. The van der Waals surface area contributed by atoms with Crippen LogP contribution in [0, 0.1) is 22.7 Å². The predicted molar refractivity (Wildman–Crippen MR) is 88.0 cm³/mol.